The minimum absolute atomic E-state index is 0.273. The molecule has 0 amide bonds. The van der Waals surface area contributed by atoms with E-state index in [2.05, 4.69) is 16.0 Å². The van der Waals surface area contributed by atoms with Gasteiger partial charge in [-0.2, -0.15) is 0 Å². The third-order valence-corrected chi connectivity index (χ3v) is 3.58. The predicted molar refractivity (Wildman–Crippen MR) is 65.3 cm³/mol. The van der Waals surface area contributed by atoms with Gasteiger partial charge in [-0.15, -0.1) is 0 Å². The minimum Gasteiger partial charge on any atom is -0.342 e. The first-order valence-electron chi connectivity index (χ1n) is 6.05. The molecule has 0 saturated heterocycles. The van der Waals surface area contributed by atoms with Crippen LogP contribution in [-0.2, 0) is 0 Å². The van der Waals surface area contributed by atoms with Crippen molar-refractivity contribution < 1.29 is 0 Å². The Morgan fingerprint density at radius 2 is 2.00 bits per heavy atom. The Hall–Kier alpha value is -1.35. The number of fused-ring (bicyclic) bond motifs is 1. The molecule has 1 aliphatic carbocycles. The Morgan fingerprint density at radius 3 is 2.81 bits per heavy atom. The molecule has 1 aliphatic rings. The lowest BCUT2D eigenvalue weighted by Gasteiger charge is -2.26. The summed E-state index contributed by atoms with van der Waals surface area (Å²) in [5.41, 5.74) is 8.34. The molecule has 2 unspecified atom stereocenters. The van der Waals surface area contributed by atoms with Gasteiger partial charge >= 0.3 is 0 Å². The lowest BCUT2D eigenvalue weighted by Crippen LogP contribution is -2.31. The molecule has 1 aromatic carbocycles. The van der Waals surface area contributed by atoms with Gasteiger partial charge in [0.25, 0.3) is 0 Å². The summed E-state index contributed by atoms with van der Waals surface area (Å²) in [6.07, 6.45) is 4.83. The first kappa shape index (κ1) is 9.85. The molecule has 2 aromatic rings. The van der Waals surface area contributed by atoms with E-state index in [1.807, 2.05) is 18.2 Å². The van der Waals surface area contributed by atoms with Crippen molar-refractivity contribution in [1.29, 1.82) is 0 Å². The number of aromatic nitrogens is 2. The number of nitrogens with two attached hydrogens (primary N) is 1. The van der Waals surface area contributed by atoms with Crippen LogP contribution in [0.3, 0.4) is 0 Å². The quantitative estimate of drug-likeness (QED) is 0.768. The second kappa shape index (κ2) is 3.91. The van der Waals surface area contributed by atoms with Gasteiger partial charge in [0.15, 0.2) is 0 Å². The largest absolute Gasteiger partial charge is 0.342 e. The average Bonchev–Trinajstić information content (AvgIpc) is 2.73. The van der Waals surface area contributed by atoms with Crippen LogP contribution in [0.1, 0.15) is 37.4 Å². The summed E-state index contributed by atoms with van der Waals surface area (Å²) in [5.74, 6) is 1.49. The highest BCUT2D eigenvalue weighted by molar-refractivity contribution is 5.74. The fourth-order valence-electron chi connectivity index (χ4n) is 2.65. The second-order valence-electron chi connectivity index (χ2n) is 4.69. The van der Waals surface area contributed by atoms with Crippen LogP contribution >= 0.6 is 0 Å². The zero-order valence-electron chi connectivity index (χ0n) is 9.32. The van der Waals surface area contributed by atoms with Crippen LogP contribution in [0.4, 0.5) is 0 Å². The van der Waals surface area contributed by atoms with Crippen molar-refractivity contribution in [2.75, 3.05) is 0 Å². The monoisotopic (exact) mass is 215 g/mol. The van der Waals surface area contributed by atoms with Gasteiger partial charge in [0, 0.05) is 12.0 Å². The van der Waals surface area contributed by atoms with Crippen molar-refractivity contribution in [3.8, 4) is 0 Å². The summed E-state index contributed by atoms with van der Waals surface area (Å²) in [6, 6.07) is 8.44. The molecular formula is C13H17N3. The molecule has 3 heteroatoms. The molecular weight excluding hydrogens is 198 g/mol. The highest BCUT2D eigenvalue weighted by Gasteiger charge is 2.25. The van der Waals surface area contributed by atoms with Crippen molar-refractivity contribution >= 4 is 11.0 Å². The van der Waals surface area contributed by atoms with E-state index >= 15 is 0 Å². The second-order valence-corrected chi connectivity index (χ2v) is 4.69. The van der Waals surface area contributed by atoms with Crippen LogP contribution in [0.5, 0.6) is 0 Å². The molecule has 2 atom stereocenters. The van der Waals surface area contributed by atoms with E-state index in [-0.39, 0.29) is 6.04 Å². The number of H-pyrrole nitrogens is 1. The molecule has 1 saturated carbocycles. The Morgan fingerprint density at radius 1 is 1.19 bits per heavy atom. The molecule has 0 spiro atoms. The van der Waals surface area contributed by atoms with E-state index in [1.54, 1.807) is 0 Å². The van der Waals surface area contributed by atoms with Crippen molar-refractivity contribution in [2.24, 2.45) is 5.73 Å². The van der Waals surface area contributed by atoms with Gasteiger partial charge in [-0.05, 0) is 25.0 Å². The summed E-state index contributed by atoms with van der Waals surface area (Å²) >= 11 is 0. The number of imidazole rings is 1. The maximum Gasteiger partial charge on any atom is 0.111 e. The van der Waals surface area contributed by atoms with Crippen LogP contribution < -0.4 is 5.73 Å². The van der Waals surface area contributed by atoms with Gasteiger partial charge in [0.05, 0.1) is 11.0 Å². The number of aromatic amines is 1. The molecule has 1 fully saturated rings. The normalized spacial score (nSPS) is 26.1. The molecule has 0 bridgehead atoms. The zero-order chi connectivity index (χ0) is 11.0. The standard InChI is InChI=1S/C13H17N3/c14-10-6-2-1-5-9(10)13-15-11-7-3-4-8-12(11)16-13/h3-4,7-10H,1-2,5-6,14H2,(H,15,16). The number of hydrogen-bond donors (Lipinski definition) is 2. The molecule has 16 heavy (non-hydrogen) atoms. The maximum atomic E-state index is 6.17. The van der Waals surface area contributed by atoms with E-state index in [0.29, 0.717) is 5.92 Å². The van der Waals surface area contributed by atoms with Crippen LogP contribution in [0, 0.1) is 0 Å². The molecule has 84 valence electrons. The number of nitrogens with zero attached hydrogens (tertiary/aromatic N) is 1. The number of benzene rings is 1. The number of rotatable bonds is 1. The Bertz CT molecular complexity index is 456. The minimum atomic E-state index is 0.273. The van der Waals surface area contributed by atoms with Gasteiger partial charge in [-0.25, -0.2) is 4.98 Å². The van der Waals surface area contributed by atoms with Crippen molar-refractivity contribution in [3.05, 3.63) is 30.1 Å². The zero-order valence-corrected chi connectivity index (χ0v) is 9.32. The van der Waals surface area contributed by atoms with Crippen molar-refractivity contribution in [1.82, 2.24) is 9.97 Å². The Balaban J connectivity index is 1.98. The van der Waals surface area contributed by atoms with Gasteiger partial charge in [-0.1, -0.05) is 25.0 Å². The molecule has 3 nitrogen and oxygen atoms in total. The summed E-state index contributed by atoms with van der Waals surface area (Å²) in [5, 5.41) is 0. The van der Waals surface area contributed by atoms with Gasteiger partial charge in [0.2, 0.25) is 0 Å². The molecule has 1 aromatic heterocycles. The highest BCUT2D eigenvalue weighted by Crippen LogP contribution is 2.31. The summed E-state index contributed by atoms with van der Waals surface area (Å²) in [6.45, 7) is 0. The molecule has 0 radical (unpaired) electrons. The summed E-state index contributed by atoms with van der Waals surface area (Å²) in [4.78, 5) is 8.06. The first-order valence-corrected chi connectivity index (χ1v) is 6.05. The molecule has 3 N–H and O–H groups in total. The topological polar surface area (TPSA) is 54.7 Å². The lowest BCUT2D eigenvalue weighted by atomic mass is 9.84. The van der Waals surface area contributed by atoms with Crippen LogP contribution in [-0.4, -0.2) is 16.0 Å². The molecule has 0 aliphatic heterocycles. The Labute approximate surface area is 95.1 Å². The van der Waals surface area contributed by atoms with Crippen LogP contribution in [0.15, 0.2) is 24.3 Å². The van der Waals surface area contributed by atoms with Gasteiger partial charge < -0.3 is 10.7 Å². The van der Waals surface area contributed by atoms with Crippen molar-refractivity contribution in [2.45, 2.75) is 37.6 Å². The predicted octanol–water partition coefficient (Wildman–Crippen LogP) is 2.55. The lowest BCUT2D eigenvalue weighted by molar-refractivity contribution is 0.375. The average molecular weight is 215 g/mol. The maximum absolute atomic E-state index is 6.17. The van der Waals surface area contributed by atoms with E-state index in [0.717, 1.165) is 23.3 Å². The number of hydrogen-bond acceptors (Lipinski definition) is 2. The number of nitrogens with one attached hydrogen (secondary N) is 1. The van der Waals surface area contributed by atoms with Crippen LogP contribution in [0.2, 0.25) is 0 Å². The highest BCUT2D eigenvalue weighted by atomic mass is 14.9. The van der Waals surface area contributed by atoms with E-state index in [1.165, 1.54) is 19.3 Å². The molecule has 1 heterocycles. The smallest absolute Gasteiger partial charge is 0.111 e. The number of para-hydroxylation sites is 2. The van der Waals surface area contributed by atoms with Gasteiger partial charge in [0.1, 0.15) is 5.82 Å². The van der Waals surface area contributed by atoms with Crippen molar-refractivity contribution in [3.63, 3.8) is 0 Å². The third-order valence-electron chi connectivity index (χ3n) is 3.58. The fourth-order valence-corrected chi connectivity index (χ4v) is 2.65. The van der Waals surface area contributed by atoms with E-state index < -0.39 is 0 Å². The van der Waals surface area contributed by atoms with E-state index in [4.69, 9.17) is 5.73 Å². The van der Waals surface area contributed by atoms with E-state index in [9.17, 15) is 0 Å². The fraction of sp³-hybridized carbons (Fsp3) is 0.462. The third kappa shape index (κ3) is 1.61. The first-order chi connectivity index (χ1) is 7.84. The van der Waals surface area contributed by atoms with Gasteiger partial charge in [-0.3, -0.25) is 0 Å². The van der Waals surface area contributed by atoms with Crippen LogP contribution in [0.25, 0.3) is 11.0 Å². The summed E-state index contributed by atoms with van der Waals surface area (Å²) < 4.78 is 0. The summed E-state index contributed by atoms with van der Waals surface area (Å²) in [7, 11) is 0. The molecule has 3 rings (SSSR count). The Kier molecular flexibility index (Phi) is 2.40. The SMILES string of the molecule is NC1CCCCC1c1nc2ccccc2[nH]1.